The van der Waals surface area contributed by atoms with Crippen LogP contribution in [-0.4, -0.2) is 35.2 Å². The number of carbonyl (C=O) groups excluding carboxylic acids is 1. The molecule has 1 unspecified atom stereocenters. The Kier molecular flexibility index (Phi) is 4.63. The standard InChI is InChI=1S/C25H17F2N7O/c1-25(20-7-6-16(27)11-29-20)17-12-30-22(32-21(17)33-24(25)35)19-13-34-9-8-28-23(34)18(31-19)10-14-2-4-15(26)5-3-14/h2-9,11-13H,10H2,1H3,(H,30,32,33,35). The summed E-state index contributed by atoms with van der Waals surface area (Å²) < 4.78 is 28.5. The molecule has 1 amide bonds. The van der Waals surface area contributed by atoms with Gasteiger partial charge in [-0.25, -0.2) is 28.7 Å². The van der Waals surface area contributed by atoms with Crippen LogP contribution < -0.4 is 5.32 Å². The van der Waals surface area contributed by atoms with Crippen LogP contribution in [-0.2, 0) is 16.6 Å². The topological polar surface area (TPSA) is 98.0 Å². The van der Waals surface area contributed by atoms with Crippen molar-refractivity contribution in [3.05, 3.63) is 102 Å². The average molecular weight is 469 g/mol. The van der Waals surface area contributed by atoms with Crippen LogP contribution in [0.4, 0.5) is 14.6 Å². The van der Waals surface area contributed by atoms with Gasteiger partial charge < -0.3 is 9.72 Å². The van der Waals surface area contributed by atoms with Gasteiger partial charge in [-0.15, -0.1) is 0 Å². The molecule has 1 N–H and O–H groups in total. The smallest absolute Gasteiger partial charge is 0.242 e. The quantitative estimate of drug-likeness (QED) is 0.431. The predicted molar refractivity (Wildman–Crippen MR) is 122 cm³/mol. The highest BCUT2D eigenvalue weighted by Gasteiger charge is 2.46. The fourth-order valence-electron chi connectivity index (χ4n) is 4.27. The summed E-state index contributed by atoms with van der Waals surface area (Å²) in [4.78, 5) is 35.2. The molecule has 35 heavy (non-hydrogen) atoms. The number of fused-ring (bicyclic) bond motifs is 2. The monoisotopic (exact) mass is 469 g/mol. The first kappa shape index (κ1) is 21.0. The van der Waals surface area contributed by atoms with Crippen LogP contribution in [0.15, 0.2) is 67.4 Å². The molecule has 5 aromatic rings. The molecular weight excluding hydrogens is 452 g/mol. The highest BCUT2D eigenvalue weighted by Crippen LogP contribution is 2.41. The van der Waals surface area contributed by atoms with Gasteiger partial charge in [0.2, 0.25) is 5.91 Å². The van der Waals surface area contributed by atoms with E-state index in [1.54, 1.807) is 43.8 Å². The minimum atomic E-state index is -1.16. The molecule has 1 aliphatic rings. The van der Waals surface area contributed by atoms with Crippen molar-refractivity contribution in [1.82, 2.24) is 29.3 Å². The first-order chi connectivity index (χ1) is 16.9. The van der Waals surface area contributed by atoms with E-state index in [0.717, 1.165) is 11.8 Å². The Morgan fingerprint density at radius 2 is 1.77 bits per heavy atom. The van der Waals surface area contributed by atoms with Gasteiger partial charge in [-0.2, -0.15) is 0 Å². The highest BCUT2D eigenvalue weighted by molar-refractivity contribution is 6.07. The average Bonchev–Trinajstić information content (AvgIpc) is 3.43. The number of nitrogens with zero attached hydrogens (tertiary/aromatic N) is 6. The fourth-order valence-corrected chi connectivity index (χ4v) is 4.27. The zero-order valence-corrected chi connectivity index (χ0v) is 18.4. The van der Waals surface area contributed by atoms with E-state index in [9.17, 15) is 13.6 Å². The van der Waals surface area contributed by atoms with Crippen molar-refractivity contribution < 1.29 is 13.6 Å². The summed E-state index contributed by atoms with van der Waals surface area (Å²) in [6.45, 7) is 1.70. The van der Waals surface area contributed by atoms with Gasteiger partial charge in [-0.05, 0) is 36.8 Å². The second-order valence-electron chi connectivity index (χ2n) is 8.43. The molecule has 0 saturated carbocycles. The molecule has 0 radical (unpaired) electrons. The summed E-state index contributed by atoms with van der Waals surface area (Å²) in [6, 6.07) is 8.96. The lowest BCUT2D eigenvalue weighted by Gasteiger charge is -2.20. The van der Waals surface area contributed by atoms with E-state index >= 15 is 0 Å². The number of amides is 1. The molecule has 10 heteroatoms. The van der Waals surface area contributed by atoms with Crippen LogP contribution in [0.1, 0.15) is 29.4 Å². The van der Waals surface area contributed by atoms with E-state index in [1.807, 2.05) is 4.40 Å². The number of rotatable bonds is 4. The van der Waals surface area contributed by atoms with Gasteiger partial charge in [-0.1, -0.05) is 12.1 Å². The molecule has 0 saturated heterocycles. The maximum absolute atomic E-state index is 13.4. The van der Waals surface area contributed by atoms with E-state index in [2.05, 4.69) is 25.3 Å². The van der Waals surface area contributed by atoms with E-state index in [4.69, 9.17) is 4.98 Å². The van der Waals surface area contributed by atoms with Crippen molar-refractivity contribution >= 4 is 17.4 Å². The first-order valence-electron chi connectivity index (χ1n) is 10.8. The number of hydrogen-bond donors (Lipinski definition) is 1. The van der Waals surface area contributed by atoms with Gasteiger partial charge in [0.15, 0.2) is 11.5 Å². The third-order valence-electron chi connectivity index (χ3n) is 6.21. The zero-order valence-electron chi connectivity index (χ0n) is 18.4. The number of nitrogens with one attached hydrogen (secondary N) is 1. The Morgan fingerprint density at radius 3 is 2.54 bits per heavy atom. The summed E-state index contributed by atoms with van der Waals surface area (Å²) in [5, 5.41) is 2.80. The third kappa shape index (κ3) is 3.41. The van der Waals surface area contributed by atoms with Crippen LogP contribution >= 0.6 is 0 Å². The van der Waals surface area contributed by atoms with Crippen LogP contribution in [0.25, 0.3) is 17.2 Å². The Morgan fingerprint density at radius 1 is 0.971 bits per heavy atom. The maximum atomic E-state index is 13.4. The zero-order chi connectivity index (χ0) is 24.2. The highest BCUT2D eigenvalue weighted by atomic mass is 19.1. The Balaban J connectivity index is 1.41. The SMILES string of the molecule is CC1(c2ccc(F)cn2)C(=O)Nc2nc(-c3cn4ccnc4c(Cc4ccc(F)cc4)n3)ncc21. The molecule has 0 spiro atoms. The second-order valence-corrected chi connectivity index (χ2v) is 8.43. The number of anilines is 1. The lowest BCUT2D eigenvalue weighted by molar-refractivity contribution is -0.119. The van der Waals surface area contributed by atoms with Crippen molar-refractivity contribution in [2.75, 3.05) is 5.32 Å². The van der Waals surface area contributed by atoms with E-state index in [0.29, 0.717) is 46.4 Å². The van der Waals surface area contributed by atoms with Gasteiger partial charge in [0, 0.05) is 36.8 Å². The van der Waals surface area contributed by atoms with E-state index in [-0.39, 0.29) is 11.7 Å². The van der Waals surface area contributed by atoms with Crippen molar-refractivity contribution in [2.24, 2.45) is 0 Å². The molecule has 1 aromatic carbocycles. The van der Waals surface area contributed by atoms with Crippen molar-refractivity contribution in [3.8, 4) is 11.5 Å². The van der Waals surface area contributed by atoms with E-state index < -0.39 is 11.2 Å². The number of benzene rings is 1. The number of pyridine rings is 1. The number of carbonyl (C=O) groups is 1. The number of imidazole rings is 1. The Bertz CT molecular complexity index is 1600. The summed E-state index contributed by atoms with van der Waals surface area (Å²) in [5.41, 5.74) is 2.49. The summed E-state index contributed by atoms with van der Waals surface area (Å²) in [6.07, 6.45) is 8.30. The van der Waals surface area contributed by atoms with Crippen LogP contribution in [0.2, 0.25) is 0 Å². The third-order valence-corrected chi connectivity index (χ3v) is 6.21. The molecule has 1 aliphatic heterocycles. The van der Waals surface area contributed by atoms with Crippen LogP contribution in [0.3, 0.4) is 0 Å². The largest absolute Gasteiger partial charge is 0.309 e. The summed E-state index contributed by atoms with van der Waals surface area (Å²) in [5.74, 6) is -0.455. The number of aromatic nitrogens is 6. The van der Waals surface area contributed by atoms with E-state index in [1.165, 1.54) is 24.3 Å². The first-order valence-corrected chi connectivity index (χ1v) is 10.8. The number of halogens is 2. The fraction of sp³-hybridized carbons (Fsp3) is 0.120. The van der Waals surface area contributed by atoms with Crippen LogP contribution in [0.5, 0.6) is 0 Å². The Labute approximate surface area is 197 Å². The van der Waals surface area contributed by atoms with Crippen molar-refractivity contribution in [3.63, 3.8) is 0 Å². The van der Waals surface area contributed by atoms with Crippen LogP contribution in [0, 0.1) is 11.6 Å². The molecule has 172 valence electrons. The molecule has 8 nitrogen and oxygen atoms in total. The van der Waals surface area contributed by atoms with Gasteiger partial charge in [0.1, 0.15) is 28.6 Å². The maximum Gasteiger partial charge on any atom is 0.242 e. The molecule has 4 aromatic heterocycles. The molecule has 0 fully saturated rings. The predicted octanol–water partition coefficient (Wildman–Crippen LogP) is 3.71. The van der Waals surface area contributed by atoms with Crippen molar-refractivity contribution in [1.29, 1.82) is 0 Å². The normalized spacial score (nSPS) is 16.9. The Hall–Kier alpha value is -4.60. The molecular formula is C25H17F2N7O. The summed E-state index contributed by atoms with van der Waals surface area (Å²) in [7, 11) is 0. The second kappa shape index (κ2) is 7.73. The molecule has 0 aliphatic carbocycles. The van der Waals surface area contributed by atoms with Gasteiger partial charge in [-0.3, -0.25) is 9.78 Å². The lowest BCUT2D eigenvalue weighted by atomic mass is 9.81. The van der Waals surface area contributed by atoms with Gasteiger partial charge in [0.05, 0.1) is 17.6 Å². The summed E-state index contributed by atoms with van der Waals surface area (Å²) >= 11 is 0. The number of hydrogen-bond acceptors (Lipinski definition) is 6. The van der Waals surface area contributed by atoms with Crippen molar-refractivity contribution in [2.45, 2.75) is 18.8 Å². The molecule has 0 bridgehead atoms. The molecule has 1 atom stereocenters. The minimum Gasteiger partial charge on any atom is -0.309 e. The van der Waals surface area contributed by atoms with Gasteiger partial charge in [0.25, 0.3) is 0 Å². The molecule has 6 rings (SSSR count). The minimum absolute atomic E-state index is 0.308. The molecule has 5 heterocycles. The lowest BCUT2D eigenvalue weighted by Crippen LogP contribution is -2.33. The van der Waals surface area contributed by atoms with Gasteiger partial charge >= 0.3 is 0 Å².